The number of hydrogen-bond donors (Lipinski definition) is 0. The van der Waals surface area contributed by atoms with Gasteiger partial charge in [-0.25, -0.2) is 0 Å². The maximum Gasteiger partial charge on any atom is 0.263 e. The van der Waals surface area contributed by atoms with E-state index in [1.165, 1.54) is 5.56 Å². The zero-order chi connectivity index (χ0) is 17.6. The van der Waals surface area contributed by atoms with Gasteiger partial charge in [-0.2, -0.15) is 0 Å². The molecular formula is C22H27NO2. The molecule has 1 fully saturated rings. The van der Waals surface area contributed by atoms with Crippen LogP contribution in [0.1, 0.15) is 30.9 Å². The van der Waals surface area contributed by atoms with Gasteiger partial charge in [-0.1, -0.05) is 42.5 Å². The lowest BCUT2D eigenvalue weighted by molar-refractivity contribution is -0.139. The number of ether oxygens (including phenoxy) is 1. The largest absolute Gasteiger partial charge is 0.481 e. The predicted molar refractivity (Wildman–Crippen MR) is 101 cm³/mol. The number of piperidine rings is 1. The van der Waals surface area contributed by atoms with Crippen LogP contribution in [0.3, 0.4) is 0 Å². The molecule has 2 aromatic rings. The summed E-state index contributed by atoms with van der Waals surface area (Å²) in [6.07, 6.45) is 2.81. The highest BCUT2D eigenvalue weighted by Gasteiger charge is 2.27. The summed E-state index contributed by atoms with van der Waals surface area (Å²) < 4.78 is 5.84. The fourth-order valence-corrected chi connectivity index (χ4v) is 3.51. The number of amides is 1. The molecule has 0 bridgehead atoms. The molecule has 1 atom stereocenters. The fraction of sp³-hybridized carbons (Fsp3) is 0.409. The van der Waals surface area contributed by atoms with Gasteiger partial charge in [-0.15, -0.1) is 0 Å². The molecule has 2 aromatic carbocycles. The molecule has 1 aliphatic heterocycles. The number of likely N-dealkylation sites (tertiary alicyclic amines) is 1. The van der Waals surface area contributed by atoms with Crippen LogP contribution in [-0.4, -0.2) is 30.0 Å². The minimum Gasteiger partial charge on any atom is -0.481 e. The molecule has 3 nitrogen and oxygen atoms in total. The maximum absolute atomic E-state index is 12.7. The van der Waals surface area contributed by atoms with Crippen LogP contribution in [0.5, 0.6) is 5.75 Å². The van der Waals surface area contributed by atoms with E-state index >= 15 is 0 Å². The predicted octanol–water partition coefficient (Wildman–Crippen LogP) is 4.24. The molecule has 1 heterocycles. The van der Waals surface area contributed by atoms with Gasteiger partial charge >= 0.3 is 0 Å². The van der Waals surface area contributed by atoms with Crippen molar-refractivity contribution in [2.45, 2.75) is 39.2 Å². The molecule has 3 heteroatoms. The summed E-state index contributed by atoms with van der Waals surface area (Å²) in [7, 11) is 0. The number of rotatable bonds is 5. The molecule has 0 saturated carbocycles. The molecule has 0 unspecified atom stereocenters. The molecule has 1 saturated heterocycles. The zero-order valence-electron chi connectivity index (χ0n) is 15.2. The van der Waals surface area contributed by atoms with Crippen molar-refractivity contribution in [1.29, 1.82) is 0 Å². The molecule has 0 aromatic heterocycles. The lowest BCUT2D eigenvalue weighted by Gasteiger charge is -2.33. The minimum absolute atomic E-state index is 0.0969. The summed E-state index contributed by atoms with van der Waals surface area (Å²) in [6.45, 7) is 5.54. The Hall–Kier alpha value is -2.29. The van der Waals surface area contributed by atoms with E-state index < -0.39 is 6.10 Å². The van der Waals surface area contributed by atoms with E-state index in [-0.39, 0.29) is 5.91 Å². The van der Waals surface area contributed by atoms with Crippen molar-refractivity contribution in [3.05, 3.63) is 65.7 Å². The van der Waals surface area contributed by atoms with Gasteiger partial charge in [0.1, 0.15) is 5.75 Å². The van der Waals surface area contributed by atoms with Crippen molar-refractivity contribution in [2.24, 2.45) is 5.92 Å². The number of nitrogens with zero attached hydrogens (tertiary/aromatic N) is 1. The van der Waals surface area contributed by atoms with Gasteiger partial charge in [0.05, 0.1) is 0 Å². The van der Waals surface area contributed by atoms with Crippen LogP contribution in [-0.2, 0) is 11.2 Å². The summed E-state index contributed by atoms with van der Waals surface area (Å²) in [5, 5.41) is 0. The van der Waals surface area contributed by atoms with Crippen LogP contribution in [0, 0.1) is 12.8 Å². The van der Waals surface area contributed by atoms with Crippen LogP contribution >= 0.6 is 0 Å². The van der Waals surface area contributed by atoms with Gasteiger partial charge in [0, 0.05) is 13.1 Å². The third-order valence-electron chi connectivity index (χ3n) is 4.94. The normalized spacial score (nSPS) is 16.5. The zero-order valence-corrected chi connectivity index (χ0v) is 15.2. The number of carbonyl (C=O) groups is 1. The van der Waals surface area contributed by atoms with Crippen molar-refractivity contribution in [3.63, 3.8) is 0 Å². The fourth-order valence-electron chi connectivity index (χ4n) is 3.51. The van der Waals surface area contributed by atoms with Gasteiger partial charge < -0.3 is 9.64 Å². The smallest absolute Gasteiger partial charge is 0.263 e. The van der Waals surface area contributed by atoms with Gasteiger partial charge in [0.2, 0.25) is 0 Å². The van der Waals surface area contributed by atoms with Crippen LogP contribution in [0.15, 0.2) is 54.6 Å². The van der Waals surface area contributed by atoms with Gasteiger partial charge in [-0.3, -0.25) is 4.79 Å². The van der Waals surface area contributed by atoms with E-state index in [9.17, 15) is 4.79 Å². The van der Waals surface area contributed by atoms with Crippen molar-refractivity contribution < 1.29 is 9.53 Å². The highest BCUT2D eigenvalue weighted by Crippen LogP contribution is 2.23. The summed E-state index contributed by atoms with van der Waals surface area (Å²) in [4.78, 5) is 14.6. The Kier molecular flexibility index (Phi) is 5.75. The van der Waals surface area contributed by atoms with Crippen LogP contribution in [0.25, 0.3) is 0 Å². The Morgan fingerprint density at radius 2 is 1.84 bits per heavy atom. The summed E-state index contributed by atoms with van der Waals surface area (Å²) >= 11 is 0. The third-order valence-corrected chi connectivity index (χ3v) is 4.94. The summed E-state index contributed by atoms with van der Waals surface area (Å²) in [5.41, 5.74) is 2.53. The molecule has 1 aliphatic rings. The molecule has 1 amide bonds. The van der Waals surface area contributed by atoms with Crippen molar-refractivity contribution >= 4 is 5.91 Å². The summed E-state index contributed by atoms with van der Waals surface area (Å²) in [6, 6.07) is 18.5. The quantitative estimate of drug-likeness (QED) is 0.816. The van der Waals surface area contributed by atoms with E-state index in [0.717, 1.165) is 43.7 Å². The van der Waals surface area contributed by atoms with E-state index in [0.29, 0.717) is 5.92 Å². The van der Waals surface area contributed by atoms with E-state index in [1.54, 1.807) is 0 Å². The number of benzene rings is 2. The highest BCUT2D eigenvalue weighted by molar-refractivity contribution is 5.81. The number of hydrogen-bond acceptors (Lipinski definition) is 2. The van der Waals surface area contributed by atoms with Crippen LogP contribution in [0.2, 0.25) is 0 Å². The Morgan fingerprint density at radius 3 is 2.52 bits per heavy atom. The Labute approximate surface area is 150 Å². The van der Waals surface area contributed by atoms with Gasteiger partial charge in [0.15, 0.2) is 6.10 Å². The Morgan fingerprint density at radius 1 is 1.12 bits per heavy atom. The number of carbonyl (C=O) groups excluding carboxylic acids is 1. The highest BCUT2D eigenvalue weighted by atomic mass is 16.5. The molecule has 25 heavy (non-hydrogen) atoms. The number of aryl methyl sites for hydroxylation is 1. The molecule has 3 rings (SSSR count). The first-order valence-corrected chi connectivity index (χ1v) is 9.18. The molecular weight excluding hydrogens is 310 g/mol. The van der Waals surface area contributed by atoms with Crippen molar-refractivity contribution in [2.75, 3.05) is 13.1 Å². The van der Waals surface area contributed by atoms with E-state index in [2.05, 4.69) is 30.3 Å². The second-order valence-corrected chi connectivity index (χ2v) is 7.03. The first-order valence-electron chi connectivity index (χ1n) is 9.18. The second-order valence-electron chi connectivity index (χ2n) is 7.03. The van der Waals surface area contributed by atoms with Crippen molar-refractivity contribution in [1.82, 2.24) is 4.90 Å². The lowest BCUT2D eigenvalue weighted by atomic mass is 9.90. The average molecular weight is 337 g/mol. The molecule has 0 radical (unpaired) electrons. The Bertz CT molecular complexity index is 690. The average Bonchev–Trinajstić information content (AvgIpc) is 2.62. The minimum atomic E-state index is -0.438. The molecule has 0 aliphatic carbocycles. The van der Waals surface area contributed by atoms with Gasteiger partial charge in [-0.05, 0) is 62.3 Å². The molecule has 0 spiro atoms. The third kappa shape index (κ3) is 4.85. The standard InChI is InChI=1S/C22H27NO2/c1-17-7-6-10-21(15-17)25-18(2)22(24)23-13-11-20(12-14-23)16-19-8-4-3-5-9-19/h3-10,15,18,20H,11-14,16H2,1-2H3/t18-/m1/s1. The van der Waals surface area contributed by atoms with Crippen LogP contribution < -0.4 is 4.74 Å². The second kappa shape index (κ2) is 8.19. The van der Waals surface area contributed by atoms with Crippen LogP contribution in [0.4, 0.5) is 0 Å². The molecule has 132 valence electrons. The van der Waals surface area contributed by atoms with Crippen molar-refractivity contribution in [3.8, 4) is 5.75 Å². The van der Waals surface area contributed by atoms with E-state index in [4.69, 9.17) is 4.74 Å². The lowest BCUT2D eigenvalue weighted by Crippen LogP contribution is -2.45. The van der Waals surface area contributed by atoms with E-state index in [1.807, 2.05) is 43.0 Å². The maximum atomic E-state index is 12.7. The Balaban J connectivity index is 1.49. The monoisotopic (exact) mass is 337 g/mol. The molecule has 0 N–H and O–H groups in total. The van der Waals surface area contributed by atoms with Gasteiger partial charge in [0.25, 0.3) is 5.91 Å². The summed E-state index contributed by atoms with van der Waals surface area (Å²) in [5.74, 6) is 1.53. The topological polar surface area (TPSA) is 29.5 Å². The first kappa shape index (κ1) is 17.5. The SMILES string of the molecule is Cc1cccc(O[C@H](C)C(=O)N2CCC(Cc3ccccc3)CC2)c1. The first-order chi connectivity index (χ1) is 12.1.